The summed E-state index contributed by atoms with van der Waals surface area (Å²) >= 11 is 0. The fourth-order valence-corrected chi connectivity index (χ4v) is 3.93. The van der Waals surface area contributed by atoms with Crippen LogP contribution in [0, 0.1) is 17.8 Å². The third-order valence-corrected chi connectivity index (χ3v) is 6.30. The molecule has 3 nitrogen and oxygen atoms in total. The molecule has 1 N–H and O–H groups in total. The Morgan fingerprint density at radius 2 is 1.76 bits per heavy atom. The van der Waals surface area contributed by atoms with Crippen molar-refractivity contribution in [2.45, 2.75) is 51.3 Å². The van der Waals surface area contributed by atoms with Crippen molar-refractivity contribution in [3.63, 3.8) is 0 Å². The maximum absolute atomic E-state index is 11.7. The van der Waals surface area contributed by atoms with Gasteiger partial charge in [-0.05, 0) is 44.6 Å². The van der Waals surface area contributed by atoms with E-state index in [2.05, 4.69) is 19.2 Å². The predicted octanol–water partition coefficient (Wildman–Crippen LogP) is 2.08. The van der Waals surface area contributed by atoms with Crippen LogP contribution in [0.25, 0.3) is 0 Å². The number of rotatable bonds is 4. The standard InChI is InChI=1S/C13H27NO2S/c1-9-6-7-12(8-10(9)2)13(14-4)11(3)17(5,15)16/h9-14H,6-8H2,1-5H3. The Labute approximate surface area is 106 Å². The van der Waals surface area contributed by atoms with E-state index in [0.717, 1.165) is 18.8 Å². The first-order valence-electron chi connectivity index (χ1n) is 6.63. The normalized spacial score (nSPS) is 34.3. The number of sulfone groups is 1. The van der Waals surface area contributed by atoms with Gasteiger partial charge in [-0.25, -0.2) is 8.42 Å². The monoisotopic (exact) mass is 261 g/mol. The number of nitrogens with one attached hydrogen (secondary N) is 1. The topological polar surface area (TPSA) is 46.2 Å². The molecule has 102 valence electrons. The molecule has 0 amide bonds. The van der Waals surface area contributed by atoms with E-state index < -0.39 is 9.84 Å². The lowest BCUT2D eigenvalue weighted by molar-refractivity contribution is 0.173. The molecule has 4 heteroatoms. The van der Waals surface area contributed by atoms with Crippen LogP contribution in [0.15, 0.2) is 0 Å². The van der Waals surface area contributed by atoms with Crippen LogP contribution in [0.1, 0.15) is 40.0 Å². The van der Waals surface area contributed by atoms with Gasteiger partial charge >= 0.3 is 0 Å². The van der Waals surface area contributed by atoms with Crippen molar-refractivity contribution in [3.05, 3.63) is 0 Å². The Bertz CT molecular complexity index is 339. The molecule has 0 saturated heterocycles. The highest BCUT2D eigenvalue weighted by molar-refractivity contribution is 7.91. The van der Waals surface area contributed by atoms with E-state index in [9.17, 15) is 8.42 Å². The highest BCUT2D eigenvalue weighted by Gasteiger charge is 2.35. The molecule has 1 fully saturated rings. The van der Waals surface area contributed by atoms with Crippen LogP contribution in [-0.2, 0) is 9.84 Å². The van der Waals surface area contributed by atoms with Crippen molar-refractivity contribution in [2.24, 2.45) is 17.8 Å². The molecule has 0 bridgehead atoms. The second-order valence-electron chi connectivity index (χ2n) is 5.88. The molecule has 1 rings (SSSR count). The molecular weight excluding hydrogens is 234 g/mol. The fraction of sp³-hybridized carbons (Fsp3) is 1.00. The SMILES string of the molecule is CNC(C1CCC(C)C(C)C1)C(C)S(C)(=O)=O. The maximum atomic E-state index is 11.7. The van der Waals surface area contributed by atoms with Crippen LogP contribution in [0.4, 0.5) is 0 Å². The second kappa shape index (κ2) is 5.70. The van der Waals surface area contributed by atoms with Crippen LogP contribution in [0.5, 0.6) is 0 Å². The van der Waals surface area contributed by atoms with Gasteiger partial charge in [-0.3, -0.25) is 0 Å². The van der Waals surface area contributed by atoms with Gasteiger partial charge in [-0.15, -0.1) is 0 Å². The van der Waals surface area contributed by atoms with E-state index in [4.69, 9.17) is 0 Å². The third-order valence-electron chi connectivity index (χ3n) is 4.66. The molecule has 1 aliphatic rings. The lowest BCUT2D eigenvalue weighted by Gasteiger charge is -2.38. The first-order valence-corrected chi connectivity index (χ1v) is 8.59. The predicted molar refractivity (Wildman–Crippen MR) is 72.8 cm³/mol. The number of hydrogen-bond acceptors (Lipinski definition) is 3. The average Bonchev–Trinajstić information content (AvgIpc) is 2.23. The summed E-state index contributed by atoms with van der Waals surface area (Å²) in [6.07, 6.45) is 4.86. The van der Waals surface area contributed by atoms with Crippen LogP contribution >= 0.6 is 0 Å². The summed E-state index contributed by atoms with van der Waals surface area (Å²) in [6, 6.07) is 0.0972. The summed E-state index contributed by atoms with van der Waals surface area (Å²) in [7, 11) is -1.07. The zero-order valence-electron chi connectivity index (χ0n) is 11.7. The zero-order valence-corrected chi connectivity index (χ0v) is 12.5. The molecule has 0 aliphatic heterocycles. The van der Waals surface area contributed by atoms with E-state index in [-0.39, 0.29) is 11.3 Å². The lowest BCUT2D eigenvalue weighted by Crippen LogP contribution is -2.47. The van der Waals surface area contributed by atoms with Crippen LogP contribution in [0.2, 0.25) is 0 Å². The summed E-state index contributed by atoms with van der Waals surface area (Å²) in [4.78, 5) is 0. The van der Waals surface area contributed by atoms with Gasteiger partial charge in [0.15, 0.2) is 9.84 Å². The Hall–Kier alpha value is -0.0900. The first-order chi connectivity index (χ1) is 7.77. The first kappa shape index (κ1) is 15.0. The van der Waals surface area contributed by atoms with Crippen molar-refractivity contribution >= 4 is 9.84 Å². The van der Waals surface area contributed by atoms with E-state index in [1.807, 2.05) is 14.0 Å². The highest BCUT2D eigenvalue weighted by Crippen LogP contribution is 2.36. The van der Waals surface area contributed by atoms with Crippen molar-refractivity contribution in [1.82, 2.24) is 5.32 Å². The van der Waals surface area contributed by atoms with Gasteiger partial charge in [-0.2, -0.15) is 0 Å². The average molecular weight is 261 g/mol. The minimum absolute atomic E-state index is 0.0972. The highest BCUT2D eigenvalue weighted by atomic mass is 32.2. The molecular formula is C13H27NO2S. The van der Waals surface area contributed by atoms with Gasteiger partial charge in [-0.1, -0.05) is 20.3 Å². The molecule has 5 atom stereocenters. The quantitative estimate of drug-likeness (QED) is 0.843. The van der Waals surface area contributed by atoms with Gasteiger partial charge < -0.3 is 5.32 Å². The van der Waals surface area contributed by atoms with Crippen molar-refractivity contribution in [3.8, 4) is 0 Å². The smallest absolute Gasteiger partial charge is 0.151 e. The van der Waals surface area contributed by atoms with Gasteiger partial charge in [0.1, 0.15) is 0 Å². The number of hydrogen-bond donors (Lipinski definition) is 1. The lowest BCUT2D eigenvalue weighted by atomic mass is 9.73. The van der Waals surface area contributed by atoms with E-state index in [1.165, 1.54) is 12.7 Å². The maximum Gasteiger partial charge on any atom is 0.151 e. The molecule has 5 unspecified atom stereocenters. The second-order valence-corrected chi connectivity index (χ2v) is 8.28. The summed E-state index contributed by atoms with van der Waals surface area (Å²) in [6.45, 7) is 6.42. The van der Waals surface area contributed by atoms with Crippen molar-refractivity contribution in [2.75, 3.05) is 13.3 Å². The fourth-order valence-electron chi connectivity index (χ4n) is 3.04. The van der Waals surface area contributed by atoms with Gasteiger partial charge in [0.2, 0.25) is 0 Å². The summed E-state index contributed by atoms with van der Waals surface area (Å²) in [5.74, 6) is 1.98. The minimum Gasteiger partial charge on any atom is -0.315 e. The zero-order chi connectivity index (χ0) is 13.2. The summed E-state index contributed by atoms with van der Waals surface area (Å²) in [5, 5.41) is 2.94. The Morgan fingerprint density at radius 3 is 2.18 bits per heavy atom. The summed E-state index contributed by atoms with van der Waals surface area (Å²) in [5.41, 5.74) is 0. The molecule has 0 heterocycles. The molecule has 0 aromatic carbocycles. The Kier molecular flexibility index (Phi) is 5.02. The largest absolute Gasteiger partial charge is 0.315 e. The Morgan fingerprint density at radius 1 is 1.18 bits per heavy atom. The molecule has 1 aliphatic carbocycles. The molecule has 17 heavy (non-hydrogen) atoms. The molecule has 0 radical (unpaired) electrons. The molecule has 1 saturated carbocycles. The van der Waals surface area contributed by atoms with Gasteiger partial charge in [0, 0.05) is 12.3 Å². The van der Waals surface area contributed by atoms with Gasteiger partial charge in [0.05, 0.1) is 5.25 Å². The van der Waals surface area contributed by atoms with E-state index in [0.29, 0.717) is 11.8 Å². The van der Waals surface area contributed by atoms with E-state index >= 15 is 0 Å². The van der Waals surface area contributed by atoms with Crippen LogP contribution < -0.4 is 5.32 Å². The molecule has 0 aromatic heterocycles. The Balaban J connectivity index is 2.75. The third kappa shape index (κ3) is 3.68. The molecule has 0 aromatic rings. The molecule has 0 spiro atoms. The minimum atomic E-state index is -2.96. The summed E-state index contributed by atoms with van der Waals surface area (Å²) < 4.78 is 23.4. The van der Waals surface area contributed by atoms with Crippen LogP contribution in [0.3, 0.4) is 0 Å². The van der Waals surface area contributed by atoms with Crippen LogP contribution in [-0.4, -0.2) is 33.0 Å². The van der Waals surface area contributed by atoms with Crippen molar-refractivity contribution in [1.29, 1.82) is 0 Å². The van der Waals surface area contributed by atoms with E-state index in [1.54, 1.807) is 0 Å². The van der Waals surface area contributed by atoms with Crippen molar-refractivity contribution < 1.29 is 8.42 Å². The van der Waals surface area contributed by atoms with Gasteiger partial charge in [0.25, 0.3) is 0 Å².